The number of rotatable bonds is 38. The molecule has 4 N–H and O–H groups in total. The Morgan fingerprint density at radius 2 is 1.20 bits per heavy atom. The molecule has 0 saturated carbocycles. The highest BCUT2D eigenvalue weighted by Crippen LogP contribution is 2.43. The van der Waals surface area contributed by atoms with E-state index in [2.05, 4.69) is 54.8 Å². The molecule has 0 radical (unpaired) electrons. The molecular weight excluding hydrogens is 725 g/mol. The van der Waals surface area contributed by atoms with Crippen LogP contribution in [0.2, 0.25) is 0 Å². The number of hydrogen-bond donors (Lipinski definition) is 3. The van der Waals surface area contributed by atoms with E-state index >= 15 is 0 Å². The highest BCUT2D eigenvalue weighted by molar-refractivity contribution is 7.47. The van der Waals surface area contributed by atoms with Crippen molar-refractivity contribution in [1.82, 2.24) is 0 Å². The normalized spacial score (nSPS) is 17.8. The second kappa shape index (κ2) is 33.8. The van der Waals surface area contributed by atoms with Crippen molar-refractivity contribution >= 4 is 25.7 Å². The van der Waals surface area contributed by atoms with Gasteiger partial charge in [0, 0.05) is 12.8 Å². The number of nitrogens with two attached hydrogens (primary N) is 1. The third kappa shape index (κ3) is 31.4. The van der Waals surface area contributed by atoms with E-state index in [1.807, 2.05) is 0 Å². The largest absolute Gasteiger partial charge is 0.480 e. The van der Waals surface area contributed by atoms with Crippen LogP contribution in [0.1, 0.15) is 168 Å². The van der Waals surface area contributed by atoms with Gasteiger partial charge in [-0.1, -0.05) is 121 Å². The first-order chi connectivity index (χ1) is 26.6. The van der Waals surface area contributed by atoms with Gasteiger partial charge in [-0.25, -0.2) is 4.57 Å². The monoisotopic (exact) mass is 799 g/mol. The molecule has 55 heavy (non-hydrogen) atoms. The van der Waals surface area contributed by atoms with Gasteiger partial charge in [-0.05, 0) is 70.6 Å². The van der Waals surface area contributed by atoms with Crippen molar-refractivity contribution in [3.63, 3.8) is 0 Å². The molecule has 0 aromatic rings. The van der Waals surface area contributed by atoms with Crippen LogP contribution in [0, 0.1) is 0 Å². The fourth-order valence-electron chi connectivity index (χ4n) is 5.81. The molecule has 3 unspecified atom stereocenters. The summed E-state index contributed by atoms with van der Waals surface area (Å²) in [7, 11) is -4.72. The smallest absolute Gasteiger partial charge is 0.472 e. The predicted octanol–water partition coefficient (Wildman–Crippen LogP) is 9.83. The van der Waals surface area contributed by atoms with Crippen molar-refractivity contribution in [2.24, 2.45) is 5.73 Å². The van der Waals surface area contributed by atoms with Crippen molar-refractivity contribution in [3.05, 3.63) is 36.5 Å². The molecule has 1 fully saturated rings. The zero-order valence-corrected chi connectivity index (χ0v) is 34.9. The minimum atomic E-state index is -4.72. The number of unbranched alkanes of at least 4 members (excludes halogenated alkanes) is 15. The highest BCUT2D eigenvalue weighted by atomic mass is 31.2. The lowest BCUT2D eigenvalue weighted by molar-refractivity contribution is -0.161. The number of carbonyl (C=O) groups is 3. The lowest BCUT2D eigenvalue weighted by Gasteiger charge is -2.20. The van der Waals surface area contributed by atoms with Crippen LogP contribution in [-0.4, -0.2) is 72.1 Å². The number of esters is 2. The molecule has 12 nitrogen and oxygen atoms in total. The quantitative estimate of drug-likeness (QED) is 0.0177. The molecule has 1 aliphatic heterocycles. The van der Waals surface area contributed by atoms with Crippen LogP contribution >= 0.6 is 7.82 Å². The van der Waals surface area contributed by atoms with E-state index < -0.39 is 51.1 Å². The van der Waals surface area contributed by atoms with Gasteiger partial charge >= 0.3 is 25.7 Å². The van der Waals surface area contributed by atoms with Crippen molar-refractivity contribution in [2.45, 2.75) is 192 Å². The van der Waals surface area contributed by atoms with Crippen LogP contribution in [0.3, 0.4) is 0 Å². The average Bonchev–Trinajstić information content (AvgIpc) is 3.91. The molecule has 0 aromatic heterocycles. The number of aliphatic carboxylic acids is 1. The summed E-state index contributed by atoms with van der Waals surface area (Å²) < 4.78 is 38.4. The summed E-state index contributed by atoms with van der Waals surface area (Å²) in [5.41, 5.74) is 5.33. The molecule has 0 bridgehead atoms. The van der Waals surface area contributed by atoms with Crippen molar-refractivity contribution in [3.8, 4) is 0 Å². The molecule has 0 spiro atoms. The minimum absolute atomic E-state index is 0.137. The SMILES string of the molecule is CCCCC/C=C\C/C=C\CCCCCCCC(=O)OC[C@H](COP(=O)(O)OC[C@H](N)C(=O)O)OC(=O)CCCCCCC/C=C\CC1OC1CCCCC. The van der Waals surface area contributed by atoms with E-state index in [0.29, 0.717) is 25.0 Å². The van der Waals surface area contributed by atoms with Crippen LogP contribution in [0.5, 0.6) is 0 Å². The third-order valence-corrected chi connectivity index (χ3v) is 10.2. The maximum atomic E-state index is 12.6. The Balaban J connectivity index is 2.31. The number of carboxylic acids is 1. The molecule has 1 aliphatic rings. The van der Waals surface area contributed by atoms with Gasteiger partial charge in [0.15, 0.2) is 6.10 Å². The lowest BCUT2D eigenvalue weighted by Crippen LogP contribution is -2.34. The van der Waals surface area contributed by atoms with E-state index in [-0.39, 0.29) is 19.4 Å². The number of hydrogen-bond acceptors (Lipinski definition) is 10. The summed E-state index contributed by atoms with van der Waals surface area (Å²) in [5, 5.41) is 8.88. The number of epoxide rings is 1. The Kier molecular flexibility index (Phi) is 31.1. The van der Waals surface area contributed by atoms with Gasteiger partial charge in [0.25, 0.3) is 0 Å². The van der Waals surface area contributed by atoms with Gasteiger partial charge in [0.1, 0.15) is 12.6 Å². The summed E-state index contributed by atoms with van der Waals surface area (Å²) in [6, 6.07) is -1.53. The van der Waals surface area contributed by atoms with Crippen molar-refractivity contribution in [2.75, 3.05) is 19.8 Å². The van der Waals surface area contributed by atoms with Crippen molar-refractivity contribution in [1.29, 1.82) is 0 Å². The molecule has 0 aromatic carbocycles. The van der Waals surface area contributed by atoms with Gasteiger partial charge in [0.2, 0.25) is 0 Å². The summed E-state index contributed by atoms with van der Waals surface area (Å²) >= 11 is 0. The van der Waals surface area contributed by atoms with Crippen LogP contribution in [0.15, 0.2) is 36.5 Å². The van der Waals surface area contributed by atoms with Crippen LogP contribution in [0.25, 0.3) is 0 Å². The van der Waals surface area contributed by atoms with Gasteiger partial charge in [-0.2, -0.15) is 0 Å². The maximum absolute atomic E-state index is 12.6. The summed E-state index contributed by atoms with van der Waals surface area (Å²) in [4.78, 5) is 45.9. The summed E-state index contributed by atoms with van der Waals surface area (Å²) in [5.74, 6) is -2.42. The van der Waals surface area contributed by atoms with Gasteiger partial charge in [0.05, 0.1) is 25.4 Å². The first-order valence-electron chi connectivity index (χ1n) is 21.1. The van der Waals surface area contributed by atoms with E-state index in [0.717, 1.165) is 83.5 Å². The Hall–Kier alpha value is -2.34. The number of allylic oxidation sites excluding steroid dienone is 5. The molecule has 0 aliphatic carbocycles. The Morgan fingerprint density at radius 1 is 0.673 bits per heavy atom. The molecule has 5 atom stereocenters. The molecule has 0 amide bonds. The first kappa shape index (κ1) is 50.7. The third-order valence-electron chi connectivity index (χ3n) is 9.28. The zero-order valence-electron chi connectivity index (χ0n) is 34.0. The predicted molar refractivity (Wildman–Crippen MR) is 216 cm³/mol. The highest BCUT2D eigenvalue weighted by Gasteiger charge is 2.36. The van der Waals surface area contributed by atoms with Crippen LogP contribution in [0.4, 0.5) is 0 Å². The summed E-state index contributed by atoms with van der Waals surface area (Å²) in [6.45, 7) is 2.70. The Morgan fingerprint density at radius 3 is 1.82 bits per heavy atom. The van der Waals surface area contributed by atoms with E-state index in [1.54, 1.807) is 0 Å². The Bertz CT molecular complexity index is 1140. The molecule has 13 heteroatoms. The molecule has 318 valence electrons. The van der Waals surface area contributed by atoms with E-state index in [1.165, 1.54) is 44.9 Å². The maximum Gasteiger partial charge on any atom is 0.472 e. The minimum Gasteiger partial charge on any atom is -0.480 e. The number of ether oxygens (including phenoxy) is 3. The molecular formula is C42H74NO11P. The van der Waals surface area contributed by atoms with Crippen molar-refractivity contribution < 1.29 is 52.2 Å². The number of phosphoric acid groups is 1. The summed E-state index contributed by atoms with van der Waals surface area (Å²) in [6.07, 6.45) is 36.6. The van der Waals surface area contributed by atoms with E-state index in [9.17, 15) is 23.8 Å². The van der Waals surface area contributed by atoms with Crippen LogP contribution in [-0.2, 0) is 42.2 Å². The van der Waals surface area contributed by atoms with Crippen LogP contribution < -0.4 is 5.73 Å². The standard InChI is InChI=1S/C42H74NO11P/c1-3-5-7-8-9-10-11-12-13-14-15-16-20-23-27-31-40(44)50-33-36(34-51-55(48,49)52-35-37(43)42(46)47)53-41(45)32-28-24-21-18-17-19-22-26-30-39-38(54-39)29-25-6-4-2/h9-10,12-13,22,26,36-39H,3-8,11,14-21,23-25,27-35,43H2,1-2H3,(H,46,47)(H,48,49)/b10-9-,13-12-,26-22-/t36-,37+,38?,39?/m1/s1. The number of carbonyl (C=O) groups excluding carboxylic acids is 2. The van der Waals surface area contributed by atoms with E-state index in [4.69, 9.17) is 29.6 Å². The fraction of sp³-hybridized carbons (Fsp3) is 0.786. The average molecular weight is 800 g/mol. The second-order valence-corrected chi connectivity index (χ2v) is 16.0. The van der Waals surface area contributed by atoms with Gasteiger partial charge in [-0.15, -0.1) is 0 Å². The van der Waals surface area contributed by atoms with Gasteiger partial charge < -0.3 is 29.9 Å². The zero-order chi connectivity index (χ0) is 40.4. The molecule has 1 saturated heterocycles. The van der Waals surface area contributed by atoms with Gasteiger partial charge in [-0.3, -0.25) is 23.4 Å². The first-order valence-corrected chi connectivity index (χ1v) is 22.6. The molecule has 1 heterocycles. The number of carboxylic acid groups (broad SMARTS) is 1. The number of phosphoric ester groups is 1. The fourth-order valence-corrected chi connectivity index (χ4v) is 6.58. The lowest BCUT2D eigenvalue weighted by atomic mass is 10.1. The topological polar surface area (TPSA) is 184 Å². The second-order valence-electron chi connectivity index (χ2n) is 14.5. The molecule has 1 rings (SSSR count). The Labute approximate surface area is 331 Å².